The number of halogens is 1. The molecule has 111 heavy (non-hydrogen) atoms. The Kier molecular flexibility index (Phi) is 25.2. The number of unbranched alkanes of at least 4 members (excludes halogenated alkanes) is 1. The number of benzene rings is 6. The predicted molar refractivity (Wildman–Crippen MR) is 393 cm³/mol. The van der Waals surface area contributed by atoms with Crippen molar-refractivity contribution in [2.45, 2.75) is 175 Å². The number of hydrogen-bond donors (Lipinski definition) is 19. The first-order valence-electron chi connectivity index (χ1n) is 35.7. The summed E-state index contributed by atoms with van der Waals surface area (Å²) >= 11 is 7.16. The number of aliphatic hydroxyl groups excluding tert-OH is 6. The number of ether oxygens (including phenoxy) is 6. The fourth-order valence-corrected chi connectivity index (χ4v) is 14.2. The summed E-state index contributed by atoms with van der Waals surface area (Å²) < 4.78 is 39.3. The Hall–Kier alpha value is -10.5. The van der Waals surface area contributed by atoms with E-state index in [1.807, 2.05) is 44.2 Å². The second kappa shape index (κ2) is 34.4. The summed E-state index contributed by atoms with van der Waals surface area (Å²) in [4.78, 5) is 119. The molecule has 7 aliphatic rings. The standard InChI is InChI=1S/C77H88ClN9O24/c1-33(2)22-45(81-5)69(98)86-60-62(93)38-17-20-49(36(23-38)15-11-7-10-14-35-12-8-6-9-13-35)107-51-26-40-27-52(66(51)111-76-67(65(96)64(95)53(32-88)109-76)110-55-31-77(4,80)68(97)34(3)106-55)108-50-21-18-39(25-44(50)78)63(94)61-74(103)85-59(75(104)105)43-28-41(89)29-48(91)56(43)42-24-37(16-19-47(42)90)57(71(100)87-61)84-72(101)58(40)83-70(99)46(30-54(79)92)82-73(60)102/h6,8-9,11-13,15-21,23-29,33-34,45-46,53,55,57-65,67-68,76,81,88-91,93-97H,7,10,14,22,30-32,80H2,1-5H3,(H2,79,92)(H,82,102)(H,83,99)(H,84,101)(H,85,103)(H,86,98)(H,87,100)(H,104,105)/b15-11+/t34-,45+,46-,53+,55-,57+,58+,59-,60+,61-,62+,63+,64+,65-,67+,68+,76-,77-/m0/s1. The van der Waals surface area contributed by atoms with Crippen molar-refractivity contribution < 1.29 is 118 Å². The van der Waals surface area contributed by atoms with Crippen LogP contribution in [0.3, 0.4) is 0 Å². The zero-order valence-corrected chi connectivity index (χ0v) is 61.4. The highest BCUT2D eigenvalue weighted by atomic mass is 35.5. The molecule has 7 heterocycles. The van der Waals surface area contributed by atoms with Crippen LogP contribution in [0.15, 0.2) is 115 Å². The van der Waals surface area contributed by atoms with Crippen molar-refractivity contribution in [3.05, 3.63) is 159 Å². The van der Waals surface area contributed by atoms with Gasteiger partial charge in [0.05, 0.1) is 36.3 Å². The average Bonchev–Trinajstić information content (AvgIpc) is 0.765. The van der Waals surface area contributed by atoms with E-state index in [1.165, 1.54) is 45.2 Å². The third kappa shape index (κ3) is 18.3. The van der Waals surface area contributed by atoms with Gasteiger partial charge in [-0.1, -0.05) is 86.1 Å². The largest absolute Gasteiger partial charge is 0.508 e. The number of carboxylic acid groups (broad SMARTS) is 1. The number of aryl methyl sites for hydroxylation is 1. The molecule has 18 atom stereocenters. The van der Waals surface area contributed by atoms with Crippen molar-refractivity contribution in [3.63, 3.8) is 0 Å². The molecule has 34 heteroatoms. The van der Waals surface area contributed by atoms with Gasteiger partial charge in [0.25, 0.3) is 0 Å². The van der Waals surface area contributed by atoms with E-state index in [0.717, 1.165) is 60.2 Å². The molecule has 6 aromatic carbocycles. The number of hydrogen-bond acceptors (Lipinski definition) is 25. The summed E-state index contributed by atoms with van der Waals surface area (Å²) in [5.74, 6) is -15.5. The van der Waals surface area contributed by atoms with Crippen molar-refractivity contribution in [1.82, 2.24) is 37.2 Å². The van der Waals surface area contributed by atoms with E-state index in [2.05, 4.69) is 37.2 Å². The molecule has 33 nitrogen and oxygen atoms in total. The Morgan fingerprint density at radius 3 is 2.05 bits per heavy atom. The topological polar surface area (TPSA) is 530 Å². The lowest BCUT2D eigenvalue weighted by atomic mass is 9.86. The number of carboxylic acids is 1. The minimum atomic E-state index is -2.34. The molecule has 2 fully saturated rings. The number of carbonyl (C=O) groups is 8. The van der Waals surface area contributed by atoms with E-state index in [-0.39, 0.29) is 52.5 Å². The molecule has 0 unspecified atom stereocenters. The third-order valence-corrected chi connectivity index (χ3v) is 20.1. The van der Waals surface area contributed by atoms with Gasteiger partial charge in [-0.2, -0.15) is 0 Å². The van der Waals surface area contributed by atoms with E-state index in [1.54, 1.807) is 12.2 Å². The molecule has 592 valence electrons. The van der Waals surface area contributed by atoms with Gasteiger partial charge in [0, 0.05) is 40.3 Å². The van der Waals surface area contributed by atoms with E-state index < -0.39 is 231 Å². The maximum atomic E-state index is 16.3. The van der Waals surface area contributed by atoms with Crippen LogP contribution in [0.25, 0.3) is 17.2 Å². The van der Waals surface area contributed by atoms with Gasteiger partial charge >= 0.3 is 5.97 Å². The summed E-state index contributed by atoms with van der Waals surface area (Å²) in [5, 5.41) is 133. The van der Waals surface area contributed by atoms with Crippen molar-refractivity contribution in [1.29, 1.82) is 0 Å². The molecular formula is C77H88ClN9O24. The molecule has 13 rings (SSSR count). The lowest BCUT2D eigenvalue weighted by molar-refractivity contribution is -0.333. The van der Waals surface area contributed by atoms with Crippen LogP contribution < -0.4 is 62.9 Å². The van der Waals surface area contributed by atoms with Gasteiger partial charge in [-0.15, -0.1) is 0 Å². The van der Waals surface area contributed by atoms with Crippen LogP contribution in [0.5, 0.6) is 46.0 Å². The van der Waals surface area contributed by atoms with E-state index in [9.17, 15) is 70.2 Å². The second-order valence-electron chi connectivity index (χ2n) is 28.6. The van der Waals surface area contributed by atoms with Gasteiger partial charge in [-0.25, -0.2) is 4.79 Å². The van der Waals surface area contributed by atoms with Crippen LogP contribution in [0.4, 0.5) is 0 Å². The van der Waals surface area contributed by atoms with Gasteiger partial charge in [-0.05, 0) is 135 Å². The molecule has 0 radical (unpaired) electrons. The number of nitrogens with two attached hydrogens (primary N) is 2. The zero-order chi connectivity index (χ0) is 80.2. The molecular weight excluding hydrogens is 1470 g/mol. The SMILES string of the molecule is CN[C@H](CC(C)C)C(=O)N[C@H]1C(=O)N[C@@H](CC(N)=O)C(=O)N[C@H]2C(=O)N[C@H]3C(=O)N[C@H](C(=O)N[C@H](C(=O)O)c4cc(O)cc(O)c4-c4cc3ccc4O)[C@H](O)c3ccc(c(Cl)c3)Oc3cc2cc(c3O[C@@H]2O[C@H](CO)[C@@H](O)[C@H](O)[C@H]2O[C@H]2C[C@](C)(N)[C@H](O)[C@H](C)O2)Oc2ccc(cc2/C=C/CCCc2ccccc2)[C@H]1O. The quantitative estimate of drug-likeness (QED) is 0.0550. The number of primary amides is 1. The molecule has 0 aliphatic carbocycles. The first-order chi connectivity index (χ1) is 52.7. The monoisotopic (exact) mass is 1560 g/mol. The minimum absolute atomic E-state index is 0.0475. The van der Waals surface area contributed by atoms with Crippen LogP contribution in [0, 0.1) is 5.92 Å². The molecule has 6 aromatic rings. The van der Waals surface area contributed by atoms with Crippen LogP contribution in [-0.2, 0) is 59.0 Å². The molecule has 0 spiro atoms. The number of allylic oxidation sites excluding steroid dienone is 1. The highest BCUT2D eigenvalue weighted by molar-refractivity contribution is 6.32. The predicted octanol–water partition coefficient (Wildman–Crippen LogP) is 2.49. The summed E-state index contributed by atoms with van der Waals surface area (Å²) in [5.41, 5.74) is 9.52. The van der Waals surface area contributed by atoms with Gasteiger partial charge in [0.1, 0.15) is 89.5 Å². The van der Waals surface area contributed by atoms with Gasteiger partial charge in [-0.3, -0.25) is 33.6 Å². The number of phenolic OH excluding ortho intramolecular Hbond substituents is 3. The van der Waals surface area contributed by atoms with E-state index >= 15 is 19.2 Å². The second-order valence-corrected chi connectivity index (χ2v) is 29.0. The Morgan fingerprint density at radius 2 is 1.39 bits per heavy atom. The summed E-state index contributed by atoms with van der Waals surface area (Å²) in [6.45, 7) is 5.74. The number of aliphatic hydroxyl groups is 6. The third-order valence-electron chi connectivity index (χ3n) is 19.8. The lowest BCUT2D eigenvalue weighted by Gasteiger charge is -2.47. The Morgan fingerprint density at radius 1 is 0.730 bits per heavy atom. The highest BCUT2D eigenvalue weighted by Crippen LogP contribution is 2.50. The molecule has 0 saturated carbocycles. The summed E-state index contributed by atoms with van der Waals surface area (Å²) in [7, 11) is 1.50. The van der Waals surface area contributed by atoms with Crippen molar-refractivity contribution in [3.8, 4) is 57.1 Å². The van der Waals surface area contributed by atoms with Crippen molar-refractivity contribution >= 4 is 65.0 Å². The van der Waals surface area contributed by atoms with E-state index in [0.29, 0.717) is 19.3 Å². The molecule has 7 aliphatic heterocycles. The fourth-order valence-electron chi connectivity index (χ4n) is 14.0. The molecule has 11 bridgehead atoms. The maximum absolute atomic E-state index is 16.3. The van der Waals surface area contributed by atoms with Crippen LogP contribution in [0.2, 0.25) is 5.02 Å². The van der Waals surface area contributed by atoms with Crippen LogP contribution in [0.1, 0.15) is 129 Å². The average molecular weight is 1560 g/mol. The molecule has 21 N–H and O–H groups in total. The Labute approximate surface area is 640 Å². The zero-order valence-electron chi connectivity index (χ0n) is 60.6. The van der Waals surface area contributed by atoms with Gasteiger partial charge in [0.15, 0.2) is 29.9 Å². The first-order valence-corrected chi connectivity index (χ1v) is 36.1. The fraction of sp³-hybridized carbons (Fsp3) is 0.403. The number of aliphatic carboxylic acids is 1. The number of rotatable bonds is 18. The minimum Gasteiger partial charge on any atom is -0.508 e. The van der Waals surface area contributed by atoms with Crippen LogP contribution in [-0.4, -0.2) is 191 Å². The van der Waals surface area contributed by atoms with Crippen LogP contribution >= 0.6 is 11.6 Å². The first kappa shape index (κ1) is 81.5. The van der Waals surface area contributed by atoms with Crippen molar-refractivity contribution in [2.75, 3.05) is 13.7 Å². The number of carbonyl (C=O) groups excluding carboxylic acids is 7. The molecule has 7 amide bonds. The maximum Gasteiger partial charge on any atom is 0.330 e. The Balaban J connectivity index is 1.19. The summed E-state index contributed by atoms with van der Waals surface area (Å²) in [6, 6.07) is 9.79. The lowest BCUT2D eigenvalue weighted by Crippen LogP contribution is -2.64. The number of likely N-dealkylation sites (N-methyl/N-ethyl adjacent to an activating group) is 1. The number of aromatic hydroxyl groups is 3. The molecule has 0 aromatic heterocycles. The van der Waals surface area contributed by atoms with E-state index in [4.69, 9.17) is 51.5 Å². The summed E-state index contributed by atoms with van der Waals surface area (Å²) in [6.07, 6.45) is -13.5. The highest BCUT2D eigenvalue weighted by Gasteiger charge is 2.52. The van der Waals surface area contributed by atoms with Gasteiger partial charge in [0.2, 0.25) is 53.4 Å². The van der Waals surface area contributed by atoms with Crippen molar-refractivity contribution in [2.24, 2.45) is 17.4 Å². The normalized spacial score (nSPS) is 27.9. The Bertz CT molecular complexity index is 4550. The number of nitrogens with one attached hydrogen (secondary N) is 7. The number of fused-ring (bicyclic) bond motifs is 15. The smallest absolute Gasteiger partial charge is 0.330 e. The number of amides is 7. The number of phenols is 3. The molecule has 2 saturated heterocycles. The van der Waals surface area contributed by atoms with Gasteiger partial charge < -0.3 is 128 Å².